The molecular weight excluding hydrogens is 246 g/mol. The molecule has 0 bridgehead atoms. The molecule has 0 spiro atoms. The second-order valence-corrected chi connectivity index (χ2v) is 4.82. The molecule has 0 aromatic heterocycles. The van der Waals surface area contributed by atoms with Crippen LogP contribution in [0.1, 0.15) is 44.4 Å². The zero-order valence-electron chi connectivity index (χ0n) is 11.6. The van der Waals surface area contributed by atoms with Gasteiger partial charge in [0.15, 0.2) is 0 Å². The van der Waals surface area contributed by atoms with Crippen LogP contribution in [0.3, 0.4) is 0 Å². The van der Waals surface area contributed by atoms with Crippen molar-refractivity contribution in [2.24, 2.45) is 11.7 Å². The van der Waals surface area contributed by atoms with Gasteiger partial charge < -0.3 is 10.5 Å². The van der Waals surface area contributed by atoms with E-state index in [1.807, 2.05) is 25.1 Å². The molecule has 1 aromatic rings. The second kappa shape index (κ2) is 8.17. The highest BCUT2D eigenvalue weighted by Gasteiger charge is 2.05. The molecule has 1 atom stereocenters. The Morgan fingerprint density at radius 3 is 2.44 bits per heavy atom. The van der Waals surface area contributed by atoms with E-state index in [1.165, 1.54) is 0 Å². The normalized spacial score (nSPS) is 12.6. The third-order valence-electron chi connectivity index (χ3n) is 2.69. The summed E-state index contributed by atoms with van der Waals surface area (Å²) in [6.45, 7) is 6.42. The highest BCUT2D eigenvalue weighted by molar-refractivity contribution is 5.85. The predicted molar refractivity (Wildman–Crippen MR) is 81.3 cm³/mol. The lowest BCUT2D eigenvalue weighted by Gasteiger charge is -2.11. The van der Waals surface area contributed by atoms with Crippen molar-refractivity contribution in [2.75, 3.05) is 7.11 Å². The number of hydrogen-bond acceptors (Lipinski definition) is 2. The van der Waals surface area contributed by atoms with Crippen molar-refractivity contribution >= 4 is 18.5 Å². The third-order valence-corrected chi connectivity index (χ3v) is 2.69. The van der Waals surface area contributed by atoms with Crippen LogP contribution in [-0.4, -0.2) is 7.11 Å². The quantitative estimate of drug-likeness (QED) is 0.870. The lowest BCUT2D eigenvalue weighted by Crippen LogP contribution is -2.06. The molecule has 18 heavy (non-hydrogen) atoms. The van der Waals surface area contributed by atoms with Gasteiger partial charge in [-0.25, -0.2) is 0 Å². The minimum absolute atomic E-state index is 0. The molecule has 0 aliphatic rings. The van der Waals surface area contributed by atoms with E-state index in [4.69, 9.17) is 10.5 Å². The average molecular weight is 270 g/mol. The van der Waals surface area contributed by atoms with Gasteiger partial charge in [-0.1, -0.05) is 32.1 Å². The summed E-state index contributed by atoms with van der Waals surface area (Å²) >= 11 is 0. The number of nitrogens with two attached hydrogens (primary N) is 1. The van der Waals surface area contributed by atoms with E-state index in [0.29, 0.717) is 5.92 Å². The maximum atomic E-state index is 5.96. The number of hydrogen-bond donors (Lipinski definition) is 1. The van der Waals surface area contributed by atoms with Crippen LogP contribution in [0.15, 0.2) is 24.3 Å². The Kier molecular flexibility index (Phi) is 7.72. The standard InChI is InChI=1S/C15H23NO.ClH/c1-11(2)6-5-7-13-10-14(17-4)8-9-15(13)12(3)16;/h5,7-12H,6,16H2,1-4H3;1H/b7-5+;/t12-;/m0./s1. The predicted octanol–water partition coefficient (Wildman–Crippen LogP) is 4.20. The Morgan fingerprint density at radius 1 is 1.28 bits per heavy atom. The third kappa shape index (κ3) is 5.11. The summed E-state index contributed by atoms with van der Waals surface area (Å²) in [5.41, 5.74) is 8.27. The highest BCUT2D eigenvalue weighted by Crippen LogP contribution is 2.23. The van der Waals surface area contributed by atoms with E-state index in [9.17, 15) is 0 Å². The lowest BCUT2D eigenvalue weighted by molar-refractivity contribution is 0.414. The van der Waals surface area contributed by atoms with Crippen molar-refractivity contribution in [2.45, 2.75) is 33.2 Å². The minimum atomic E-state index is 0. The van der Waals surface area contributed by atoms with Crippen molar-refractivity contribution in [3.63, 3.8) is 0 Å². The number of allylic oxidation sites excluding steroid dienone is 1. The van der Waals surface area contributed by atoms with E-state index < -0.39 is 0 Å². The Hall–Kier alpha value is -0.990. The van der Waals surface area contributed by atoms with Crippen LogP contribution < -0.4 is 10.5 Å². The zero-order valence-corrected chi connectivity index (χ0v) is 12.5. The molecule has 0 aliphatic carbocycles. The van der Waals surface area contributed by atoms with Crippen molar-refractivity contribution in [3.8, 4) is 5.75 Å². The van der Waals surface area contributed by atoms with Gasteiger partial charge in [0.05, 0.1) is 7.11 Å². The van der Waals surface area contributed by atoms with Crippen LogP contribution in [0.5, 0.6) is 5.75 Å². The Labute approximate surface area is 117 Å². The van der Waals surface area contributed by atoms with Crippen LogP contribution in [0.2, 0.25) is 0 Å². The Balaban J connectivity index is 0.00000289. The van der Waals surface area contributed by atoms with Crippen LogP contribution >= 0.6 is 12.4 Å². The van der Waals surface area contributed by atoms with E-state index in [2.05, 4.69) is 26.0 Å². The van der Waals surface area contributed by atoms with E-state index in [0.717, 1.165) is 23.3 Å². The molecule has 0 radical (unpaired) electrons. The lowest BCUT2D eigenvalue weighted by atomic mass is 10.00. The van der Waals surface area contributed by atoms with Gasteiger partial charge in [0, 0.05) is 6.04 Å². The summed E-state index contributed by atoms with van der Waals surface area (Å²) in [6.07, 6.45) is 5.42. The highest BCUT2D eigenvalue weighted by atomic mass is 35.5. The molecule has 0 fully saturated rings. The first-order chi connectivity index (χ1) is 8.04. The fraction of sp³-hybridized carbons (Fsp3) is 0.467. The fourth-order valence-electron chi connectivity index (χ4n) is 1.71. The van der Waals surface area contributed by atoms with Gasteiger partial charge >= 0.3 is 0 Å². The minimum Gasteiger partial charge on any atom is -0.497 e. The van der Waals surface area contributed by atoms with E-state index in [-0.39, 0.29) is 18.4 Å². The molecule has 0 saturated heterocycles. The first kappa shape index (κ1) is 17.0. The van der Waals surface area contributed by atoms with Crippen molar-refractivity contribution in [3.05, 3.63) is 35.4 Å². The van der Waals surface area contributed by atoms with E-state index in [1.54, 1.807) is 7.11 Å². The SMILES string of the molecule is COc1ccc([C@H](C)N)c(/C=C/CC(C)C)c1.Cl. The molecule has 2 N–H and O–H groups in total. The molecule has 102 valence electrons. The smallest absolute Gasteiger partial charge is 0.119 e. The van der Waals surface area contributed by atoms with E-state index >= 15 is 0 Å². The first-order valence-electron chi connectivity index (χ1n) is 6.14. The topological polar surface area (TPSA) is 35.2 Å². The molecular formula is C15H24ClNO. The van der Waals surface area contributed by atoms with Crippen LogP contribution in [0, 0.1) is 5.92 Å². The zero-order chi connectivity index (χ0) is 12.8. The molecule has 0 heterocycles. The Morgan fingerprint density at radius 2 is 1.94 bits per heavy atom. The van der Waals surface area contributed by atoms with Crippen LogP contribution in [0.4, 0.5) is 0 Å². The molecule has 0 amide bonds. The summed E-state index contributed by atoms with van der Waals surface area (Å²) in [5.74, 6) is 1.55. The molecule has 0 aliphatic heterocycles. The number of rotatable bonds is 5. The van der Waals surface area contributed by atoms with Gasteiger partial charge in [-0.05, 0) is 42.5 Å². The summed E-state index contributed by atoms with van der Waals surface area (Å²) in [6, 6.07) is 6.08. The molecule has 1 aromatic carbocycles. The maximum Gasteiger partial charge on any atom is 0.119 e. The van der Waals surface area contributed by atoms with Gasteiger partial charge in [-0.3, -0.25) is 0 Å². The number of ether oxygens (including phenoxy) is 1. The first-order valence-corrected chi connectivity index (χ1v) is 6.14. The molecule has 1 rings (SSSR count). The molecule has 3 heteroatoms. The monoisotopic (exact) mass is 269 g/mol. The maximum absolute atomic E-state index is 5.96. The second-order valence-electron chi connectivity index (χ2n) is 4.82. The van der Waals surface area contributed by atoms with Gasteiger partial charge in [0.1, 0.15) is 5.75 Å². The Bertz CT molecular complexity index is 386. The molecule has 0 unspecified atom stereocenters. The fourth-order valence-corrected chi connectivity index (χ4v) is 1.71. The average Bonchev–Trinajstić information content (AvgIpc) is 2.28. The number of halogens is 1. The van der Waals surface area contributed by atoms with Crippen molar-refractivity contribution < 1.29 is 4.74 Å². The number of benzene rings is 1. The van der Waals surface area contributed by atoms with Gasteiger partial charge in [0.25, 0.3) is 0 Å². The van der Waals surface area contributed by atoms with Gasteiger partial charge in [0.2, 0.25) is 0 Å². The summed E-state index contributed by atoms with van der Waals surface area (Å²) < 4.78 is 5.24. The van der Waals surface area contributed by atoms with Crippen molar-refractivity contribution in [1.29, 1.82) is 0 Å². The molecule has 2 nitrogen and oxygen atoms in total. The largest absolute Gasteiger partial charge is 0.497 e. The van der Waals surface area contributed by atoms with Crippen LogP contribution in [0.25, 0.3) is 6.08 Å². The summed E-state index contributed by atoms with van der Waals surface area (Å²) in [5, 5.41) is 0. The summed E-state index contributed by atoms with van der Waals surface area (Å²) in [7, 11) is 1.68. The van der Waals surface area contributed by atoms with Crippen molar-refractivity contribution in [1.82, 2.24) is 0 Å². The summed E-state index contributed by atoms with van der Waals surface area (Å²) in [4.78, 5) is 0. The molecule has 0 saturated carbocycles. The van der Waals surface area contributed by atoms with Crippen LogP contribution in [-0.2, 0) is 0 Å². The number of methoxy groups -OCH3 is 1. The van der Waals surface area contributed by atoms with Gasteiger partial charge in [-0.2, -0.15) is 0 Å². The van der Waals surface area contributed by atoms with Gasteiger partial charge in [-0.15, -0.1) is 12.4 Å².